The molecule has 1 aromatic carbocycles. The molecule has 0 aliphatic carbocycles. The Balaban J connectivity index is 2.17. The van der Waals surface area contributed by atoms with Crippen LogP contribution < -0.4 is 5.32 Å². The van der Waals surface area contributed by atoms with Gasteiger partial charge < -0.3 is 5.32 Å². The van der Waals surface area contributed by atoms with Crippen LogP contribution in [0.15, 0.2) is 36.5 Å². The van der Waals surface area contributed by atoms with E-state index in [1.54, 1.807) is 0 Å². The average Bonchev–Trinajstić information content (AvgIpc) is 2.78. The Morgan fingerprint density at radius 3 is 2.45 bits per heavy atom. The molecule has 0 unspecified atom stereocenters. The van der Waals surface area contributed by atoms with Gasteiger partial charge in [-0.25, -0.2) is 4.68 Å². The fraction of sp³-hybridized carbons (Fsp3) is 0.471. The van der Waals surface area contributed by atoms with E-state index < -0.39 is 0 Å². The highest BCUT2D eigenvalue weighted by Crippen LogP contribution is 2.21. The number of nitrogens with one attached hydrogen (secondary N) is 1. The van der Waals surface area contributed by atoms with Gasteiger partial charge in [-0.15, -0.1) is 0 Å². The second kappa shape index (κ2) is 5.80. The van der Waals surface area contributed by atoms with Crippen molar-refractivity contribution in [3.8, 4) is 5.69 Å². The van der Waals surface area contributed by atoms with E-state index in [2.05, 4.69) is 57.2 Å². The molecule has 0 bridgehead atoms. The van der Waals surface area contributed by atoms with Gasteiger partial charge in [0, 0.05) is 23.8 Å². The van der Waals surface area contributed by atoms with Gasteiger partial charge in [-0.2, -0.15) is 5.10 Å². The maximum absolute atomic E-state index is 4.53. The van der Waals surface area contributed by atoms with Crippen molar-refractivity contribution in [1.82, 2.24) is 15.1 Å². The van der Waals surface area contributed by atoms with Gasteiger partial charge in [0.25, 0.3) is 0 Å². The molecule has 2 rings (SSSR count). The van der Waals surface area contributed by atoms with Crippen molar-refractivity contribution in [2.45, 2.75) is 40.7 Å². The summed E-state index contributed by atoms with van der Waals surface area (Å²) in [7, 11) is 0. The zero-order valence-corrected chi connectivity index (χ0v) is 13.1. The van der Waals surface area contributed by atoms with Crippen LogP contribution >= 0.6 is 0 Å². The van der Waals surface area contributed by atoms with Gasteiger partial charge in [0.2, 0.25) is 0 Å². The van der Waals surface area contributed by atoms with Crippen LogP contribution in [0.5, 0.6) is 0 Å². The monoisotopic (exact) mass is 271 g/mol. The Morgan fingerprint density at radius 2 is 1.85 bits per heavy atom. The highest BCUT2D eigenvalue weighted by atomic mass is 15.3. The van der Waals surface area contributed by atoms with Gasteiger partial charge in [0.15, 0.2) is 0 Å². The molecule has 0 saturated carbocycles. The number of nitrogens with zero attached hydrogens (tertiary/aromatic N) is 2. The topological polar surface area (TPSA) is 29.9 Å². The number of hydrogen-bond donors (Lipinski definition) is 1. The van der Waals surface area contributed by atoms with Crippen LogP contribution in [0, 0.1) is 12.3 Å². The lowest BCUT2D eigenvalue weighted by Crippen LogP contribution is -2.29. The number of aromatic nitrogens is 2. The second-order valence-corrected chi connectivity index (χ2v) is 6.60. The van der Waals surface area contributed by atoms with Crippen LogP contribution in [0.25, 0.3) is 5.69 Å². The third-order valence-electron chi connectivity index (χ3n) is 3.45. The number of para-hydroxylation sites is 1. The fourth-order valence-corrected chi connectivity index (χ4v) is 2.25. The summed E-state index contributed by atoms with van der Waals surface area (Å²) >= 11 is 0. The molecular weight excluding hydrogens is 246 g/mol. The van der Waals surface area contributed by atoms with E-state index in [0.29, 0.717) is 6.04 Å². The van der Waals surface area contributed by atoms with E-state index in [1.165, 1.54) is 11.3 Å². The molecule has 0 fully saturated rings. The molecule has 3 heteroatoms. The van der Waals surface area contributed by atoms with Crippen molar-refractivity contribution in [2.75, 3.05) is 6.54 Å². The van der Waals surface area contributed by atoms with Crippen LogP contribution in [-0.4, -0.2) is 16.3 Å². The molecule has 0 spiro atoms. The summed E-state index contributed by atoms with van der Waals surface area (Å²) in [5.74, 6) is 0. The molecule has 0 aliphatic heterocycles. The largest absolute Gasteiger partial charge is 0.310 e. The number of hydrogen-bond acceptors (Lipinski definition) is 2. The van der Waals surface area contributed by atoms with Gasteiger partial charge in [0.1, 0.15) is 0 Å². The van der Waals surface area contributed by atoms with Crippen molar-refractivity contribution >= 4 is 0 Å². The zero-order valence-electron chi connectivity index (χ0n) is 13.1. The Labute approximate surface area is 122 Å². The first-order chi connectivity index (χ1) is 9.38. The molecule has 1 atom stereocenters. The maximum atomic E-state index is 4.53. The summed E-state index contributed by atoms with van der Waals surface area (Å²) < 4.78 is 2.00. The van der Waals surface area contributed by atoms with E-state index in [-0.39, 0.29) is 5.41 Å². The molecule has 0 amide bonds. The second-order valence-electron chi connectivity index (χ2n) is 6.60. The maximum Gasteiger partial charge on any atom is 0.0648 e. The van der Waals surface area contributed by atoms with Gasteiger partial charge in [0.05, 0.1) is 11.9 Å². The highest BCUT2D eigenvalue weighted by Gasteiger charge is 2.16. The first kappa shape index (κ1) is 14.8. The molecule has 0 saturated heterocycles. The molecule has 3 nitrogen and oxygen atoms in total. The number of benzene rings is 1. The standard InChI is InChI=1S/C17H25N3/c1-13(18-12-17(3,4)5)16-11-19-20(14(16)2)15-9-7-6-8-10-15/h6-11,13,18H,12H2,1-5H3/t13-/m0/s1. The summed E-state index contributed by atoms with van der Waals surface area (Å²) in [6.07, 6.45) is 1.97. The number of rotatable bonds is 4. The highest BCUT2D eigenvalue weighted by molar-refractivity contribution is 5.35. The predicted molar refractivity (Wildman–Crippen MR) is 84.2 cm³/mol. The minimum atomic E-state index is 0.289. The van der Waals surface area contributed by atoms with Crippen molar-refractivity contribution in [2.24, 2.45) is 5.41 Å². The first-order valence-electron chi connectivity index (χ1n) is 7.22. The lowest BCUT2D eigenvalue weighted by molar-refractivity contribution is 0.359. The van der Waals surface area contributed by atoms with Crippen LogP contribution in [0.3, 0.4) is 0 Å². The zero-order chi connectivity index (χ0) is 14.8. The minimum Gasteiger partial charge on any atom is -0.310 e. The fourth-order valence-electron chi connectivity index (χ4n) is 2.25. The molecule has 0 radical (unpaired) electrons. The molecule has 1 heterocycles. The minimum absolute atomic E-state index is 0.289. The summed E-state index contributed by atoms with van der Waals surface area (Å²) in [5.41, 5.74) is 3.86. The summed E-state index contributed by atoms with van der Waals surface area (Å²) in [4.78, 5) is 0. The lowest BCUT2D eigenvalue weighted by Gasteiger charge is -2.22. The van der Waals surface area contributed by atoms with Crippen molar-refractivity contribution in [3.05, 3.63) is 47.8 Å². The SMILES string of the molecule is Cc1c([C@H](C)NCC(C)(C)C)cnn1-c1ccccc1. The third-order valence-corrected chi connectivity index (χ3v) is 3.45. The van der Waals surface area contributed by atoms with Crippen LogP contribution in [-0.2, 0) is 0 Å². The van der Waals surface area contributed by atoms with Gasteiger partial charge >= 0.3 is 0 Å². The van der Waals surface area contributed by atoms with Crippen molar-refractivity contribution < 1.29 is 0 Å². The van der Waals surface area contributed by atoms with Gasteiger partial charge in [-0.3, -0.25) is 0 Å². The Kier molecular flexibility index (Phi) is 4.29. The van der Waals surface area contributed by atoms with E-state index in [4.69, 9.17) is 0 Å². The van der Waals surface area contributed by atoms with E-state index in [0.717, 1.165) is 12.2 Å². The molecule has 20 heavy (non-hydrogen) atoms. The van der Waals surface area contributed by atoms with Gasteiger partial charge in [-0.1, -0.05) is 39.0 Å². The normalized spacial score (nSPS) is 13.4. The molecular formula is C17H25N3. The molecule has 1 N–H and O–H groups in total. The van der Waals surface area contributed by atoms with Crippen LogP contribution in [0.4, 0.5) is 0 Å². The summed E-state index contributed by atoms with van der Waals surface area (Å²) in [6, 6.07) is 10.6. The lowest BCUT2D eigenvalue weighted by atomic mass is 9.96. The Morgan fingerprint density at radius 1 is 1.20 bits per heavy atom. The van der Waals surface area contributed by atoms with Crippen molar-refractivity contribution in [1.29, 1.82) is 0 Å². The molecule has 108 valence electrons. The molecule has 2 aromatic rings. The van der Waals surface area contributed by atoms with Crippen LogP contribution in [0.1, 0.15) is 45.0 Å². The Bertz CT molecular complexity index is 549. The van der Waals surface area contributed by atoms with E-state index >= 15 is 0 Å². The summed E-state index contributed by atoms with van der Waals surface area (Å²) in [5, 5.41) is 8.12. The van der Waals surface area contributed by atoms with Crippen molar-refractivity contribution in [3.63, 3.8) is 0 Å². The quantitative estimate of drug-likeness (QED) is 0.914. The Hall–Kier alpha value is -1.61. The smallest absolute Gasteiger partial charge is 0.0648 e. The average molecular weight is 271 g/mol. The predicted octanol–water partition coefficient (Wildman–Crippen LogP) is 3.88. The van der Waals surface area contributed by atoms with Gasteiger partial charge in [-0.05, 0) is 31.4 Å². The molecule has 0 aliphatic rings. The summed E-state index contributed by atoms with van der Waals surface area (Å²) in [6.45, 7) is 12.0. The molecule has 1 aromatic heterocycles. The van der Waals surface area contributed by atoms with E-state index in [1.807, 2.05) is 29.1 Å². The van der Waals surface area contributed by atoms with E-state index in [9.17, 15) is 0 Å². The first-order valence-corrected chi connectivity index (χ1v) is 7.22. The van der Waals surface area contributed by atoms with Crippen LogP contribution in [0.2, 0.25) is 0 Å². The third kappa shape index (κ3) is 3.48.